The molecule has 5 heteroatoms. The van der Waals surface area contributed by atoms with Crippen molar-refractivity contribution in [2.24, 2.45) is 5.92 Å². The highest BCUT2D eigenvalue weighted by Gasteiger charge is 2.15. The van der Waals surface area contributed by atoms with E-state index < -0.39 is 6.04 Å². The Morgan fingerprint density at radius 1 is 0.962 bits per heavy atom. The molecule has 2 N–H and O–H groups in total. The first-order chi connectivity index (χ1) is 12.5. The van der Waals surface area contributed by atoms with Gasteiger partial charge in [-0.25, -0.2) is 0 Å². The number of rotatable bonds is 8. The number of nitrogens with one attached hydrogen (secondary N) is 2. The summed E-state index contributed by atoms with van der Waals surface area (Å²) in [5.41, 5.74) is 2.61. The van der Waals surface area contributed by atoms with Gasteiger partial charge in [0, 0.05) is 24.4 Å². The molecule has 0 spiro atoms. The topological polar surface area (TPSA) is 75.3 Å². The second-order valence-electron chi connectivity index (χ2n) is 6.42. The minimum absolute atomic E-state index is 0.109. The molecule has 26 heavy (non-hydrogen) atoms. The third-order valence-electron chi connectivity index (χ3n) is 4.02. The smallest absolute Gasteiger partial charge is 0.251 e. The van der Waals surface area contributed by atoms with Crippen LogP contribution in [0.4, 0.5) is 0 Å². The van der Waals surface area contributed by atoms with Gasteiger partial charge in [0.05, 0.1) is 6.04 Å². The molecule has 5 nitrogen and oxygen atoms in total. The molecule has 1 atom stereocenters. The van der Waals surface area contributed by atoms with Crippen LogP contribution in [0.1, 0.15) is 30.6 Å². The van der Waals surface area contributed by atoms with Gasteiger partial charge >= 0.3 is 0 Å². The number of hydrogen-bond acceptors (Lipinski definition) is 3. The van der Waals surface area contributed by atoms with Crippen molar-refractivity contribution in [2.45, 2.75) is 26.3 Å². The Kier molecular flexibility index (Phi) is 7.09. The summed E-state index contributed by atoms with van der Waals surface area (Å²) in [6.07, 6.45) is 0.886. The molecular weight excluding hydrogens is 328 g/mol. The van der Waals surface area contributed by atoms with Gasteiger partial charge in [-0.05, 0) is 23.3 Å². The highest BCUT2D eigenvalue weighted by Crippen LogP contribution is 2.19. The van der Waals surface area contributed by atoms with Crippen molar-refractivity contribution in [2.75, 3.05) is 6.54 Å². The lowest BCUT2D eigenvalue weighted by molar-refractivity contribution is -0.124. The van der Waals surface area contributed by atoms with Gasteiger partial charge in [-0.3, -0.25) is 9.59 Å². The first-order valence-corrected chi connectivity index (χ1v) is 8.69. The summed E-state index contributed by atoms with van der Waals surface area (Å²) in [5.74, 6) is -0.522. The van der Waals surface area contributed by atoms with Crippen molar-refractivity contribution < 1.29 is 14.4 Å². The van der Waals surface area contributed by atoms with Crippen LogP contribution in [-0.4, -0.2) is 30.7 Å². The normalized spacial score (nSPS) is 11.7. The predicted octanol–water partition coefficient (Wildman–Crippen LogP) is 2.81. The van der Waals surface area contributed by atoms with Crippen LogP contribution in [0.3, 0.4) is 0 Å². The molecule has 2 amide bonds. The lowest BCUT2D eigenvalue weighted by atomic mass is 10.0. The van der Waals surface area contributed by atoms with Gasteiger partial charge in [-0.1, -0.05) is 56.3 Å². The quantitative estimate of drug-likeness (QED) is 0.718. The summed E-state index contributed by atoms with van der Waals surface area (Å²) in [6.45, 7) is 3.80. The molecule has 0 saturated carbocycles. The molecule has 0 aromatic heterocycles. The first-order valence-electron chi connectivity index (χ1n) is 8.69. The van der Waals surface area contributed by atoms with E-state index in [4.69, 9.17) is 0 Å². The van der Waals surface area contributed by atoms with E-state index in [-0.39, 0.29) is 30.7 Å². The Balaban J connectivity index is 2.00. The maximum Gasteiger partial charge on any atom is 0.251 e. The van der Waals surface area contributed by atoms with E-state index in [1.807, 2.05) is 42.5 Å². The molecule has 0 radical (unpaired) electrons. The SMILES string of the molecule is CC(C)C(=O)NCC(CC=O)NC(=O)c1ccc(-c2ccccc2)cc1. The molecule has 2 aromatic carbocycles. The monoisotopic (exact) mass is 352 g/mol. The van der Waals surface area contributed by atoms with E-state index in [0.29, 0.717) is 5.56 Å². The molecule has 1 unspecified atom stereocenters. The fourth-order valence-corrected chi connectivity index (χ4v) is 2.45. The van der Waals surface area contributed by atoms with Crippen molar-refractivity contribution in [1.29, 1.82) is 0 Å². The van der Waals surface area contributed by atoms with Crippen LogP contribution < -0.4 is 10.6 Å². The minimum Gasteiger partial charge on any atom is -0.354 e. The van der Waals surface area contributed by atoms with Crippen LogP contribution in [-0.2, 0) is 9.59 Å². The molecule has 0 saturated heterocycles. The Morgan fingerprint density at radius 3 is 2.15 bits per heavy atom. The summed E-state index contributed by atoms with van der Waals surface area (Å²) in [6, 6.07) is 16.7. The fraction of sp³-hybridized carbons (Fsp3) is 0.286. The van der Waals surface area contributed by atoms with Crippen LogP contribution in [0, 0.1) is 5.92 Å². The highest BCUT2D eigenvalue weighted by molar-refractivity contribution is 5.95. The number of carbonyl (C=O) groups is 3. The molecular formula is C21H24N2O3. The van der Waals surface area contributed by atoms with Gasteiger partial charge in [0.1, 0.15) is 6.29 Å². The third-order valence-corrected chi connectivity index (χ3v) is 4.02. The number of aldehydes is 1. The van der Waals surface area contributed by atoms with Crippen LogP contribution in [0.15, 0.2) is 54.6 Å². The minimum atomic E-state index is -0.434. The molecule has 0 fully saturated rings. The van der Waals surface area contributed by atoms with Crippen LogP contribution in [0.2, 0.25) is 0 Å². The van der Waals surface area contributed by atoms with Gasteiger partial charge in [0.15, 0.2) is 0 Å². The van der Waals surface area contributed by atoms with E-state index >= 15 is 0 Å². The Bertz CT molecular complexity index is 740. The summed E-state index contributed by atoms with van der Waals surface area (Å²) in [7, 11) is 0. The van der Waals surface area contributed by atoms with Gasteiger partial charge in [-0.15, -0.1) is 0 Å². The number of hydrogen-bond donors (Lipinski definition) is 2. The number of amides is 2. The maximum atomic E-state index is 12.4. The second-order valence-corrected chi connectivity index (χ2v) is 6.42. The zero-order valence-electron chi connectivity index (χ0n) is 15.1. The summed E-state index contributed by atoms with van der Waals surface area (Å²) in [4.78, 5) is 34.9. The largest absolute Gasteiger partial charge is 0.354 e. The Morgan fingerprint density at radius 2 is 1.58 bits per heavy atom. The Labute approximate surface area is 153 Å². The zero-order valence-corrected chi connectivity index (χ0v) is 15.1. The van der Waals surface area contributed by atoms with E-state index in [2.05, 4.69) is 10.6 Å². The van der Waals surface area contributed by atoms with Crippen LogP contribution >= 0.6 is 0 Å². The van der Waals surface area contributed by atoms with Gasteiger partial charge in [-0.2, -0.15) is 0 Å². The molecule has 136 valence electrons. The van der Waals surface area contributed by atoms with E-state index in [1.54, 1.807) is 26.0 Å². The van der Waals surface area contributed by atoms with E-state index in [0.717, 1.165) is 17.4 Å². The molecule has 0 aliphatic rings. The van der Waals surface area contributed by atoms with Crippen molar-refractivity contribution in [3.05, 3.63) is 60.2 Å². The molecule has 2 rings (SSSR count). The van der Waals surface area contributed by atoms with Crippen molar-refractivity contribution in [1.82, 2.24) is 10.6 Å². The summed E-state index contributed by atoms with van der Waals surface area (Å²) >= 11 is 0. The van der Waals surface area contributed by atoms with Crippen molar-refractivity contribution >= 4 is 18.1 Å². The fourth-order valence-electron chi connectivity index (χ4n) is 2.45. The zero-order chi connectivity index (χ0) is 18.9. The molecule has 0 aliphatic carbocycles. The number of carbonyl (C=O) groups excluding carboxylic acids is 3. The predicted molar refractivity (Wildman–Crippen MR) is 102 cm³/mol. The lowest BCUT2D eigenvalue weighted by Gasteiger charge is -2.18. The molecule has 0 heterocycles. The van der Waals surface area contributed by atoms with Gasteiger partial charge < -0.3 is 15.4 Å². The summed E-state index contributed by atoms with van der Waals surface area (Å²) < 4.78 is 0. The maximum absolute atomic E-state index is 12.4. The van der Waals surface area contributed by atoms with E-state index in [9.17, 15) is 14.4 Å². The van der Waals surface area contributed by atoms with Crippen molar-refractivity contribution in [3.8, 4) is 11.1 Å². The van der Waals surface area contributed by atoms with Gasteiger partial charge in [0.25, 0.3) is 5.91 Å². The van der Waals surface area contributed by atoms with Crippen LogP contribution in [0.5, 0.6) is 0 Å². The summed E-state index contributed by atoms with van der Waals surface area (Å²) in [5, 5.41) is 5.54. The Hall–Kier alpha value is -2.95. The van der Waals surface area contributed by atoms with E-state index in [1.165, 1.54) is 0 Å². The van der Waals surface area contributed by atoms with Crippen molar-refractivity contribution in [3.63, 3.8) is 0 Å². The van der Waals surface area contributed by atoms with Crippen LogP contribution in [0.25, 0.3) is 11.1 Å². The molecule has 2 aromatic rings. The average molecular weight is 352 g/mol. The lowest BCUT2D eigenvalue weighted by Crippen LogP contribution is -2.44. The second kappa shape index (κ2) is 9.51. The van der Waals surface area contributed by atoms with Gasteiger partial charge in [0.2, 0.25) is 5.91 Å². The molecule has 0 aliphatic heterocycles. The highest BCUT2D eigenvalue weighted by atomic mass is 16.2. The third kappa shape index (κ3) is 5.55. The first kappa shape index (κ1) is 19.4. The standard InChI is InChI=1S/C21H24N2O3/c1-15(2)20(25)22-14-19(12-13-24)23-21(26)18-10-8-17(9-11-18)16-6-4-3-5-7-16/h3-11,13,15,19H,12,14H2,1-2H3,(H,22,25)(H,23,26). The molecule has 0 bridgehead atoms. The number of benzene rings is 2. The average Bonchev–Trinajstić information content (AvgIpc) is 2.66.